The lowest BCUT2D eigenvalue weighted by Gasteiger charge is -2.48. The zero-order chi connectivity index (χ0) is 15.7. The third kappa shape index (κ3) is 3.18. The van der Waals surface area contributed by atoms with Crippen LogP contribution in [0.2, 0.25) is 0 Å². The van der Waals surface area contributed by atoms with Gasteiger partial charge in [-0.2, -0.15) is 0 Å². The molecule has 0 aliphatic carbocycles. The van der Waals surface area contributed by atoms with E-state index in [0.29, 0.717) is 19.2 Å². The summed E-state index contributed by atoms with van der Waals surface area (Å²) in [5.74, 6) is 0.161. The Hall–Kier alpha value is -0.950. The molecule has 3 fully saturated rings. The van der Waals surface area contributed by atoms with Crippen molar-refractivity contribution in [3.63, 3.8) is 0 Å². The first-order valence-electron chi connectivity index (χ1n) is 8.54. The van der Waals surface area contributed by atoms with E-state index in [-0.39, 0.29) is 11.5 Å². The van der Waals surface area contributed by atoms with Crippen LogP contribution in [0.4, 0.5) is 0 Å². The fraction of sp³-hybridized carbons (Fsp3) is 0.706. The van der Waals surface area contributed by atoms with E-state index < -0.39 is 0 Å². The van der Waals surface area contributed by atoms with Gasteiger partial charge in [0.15, 0.2) is 0 Å². The molecule has 0 bridgehead atoms. The normalized spacial score (nSPS) is 28.3. The van der Waals surface area contributed by atoms with Gasteiger partial charge in [-0.25, -0.2) is 0 Å². The molecule has 3 saturated heterocycles. The zero-order valence-electron chi connectivity index (χ0n) is 13.4. The highest BCUT2D eigenvalue weighted by atomic mass is 32.1. The van der Waals surface area contributed by atoms with E-state index in [1.807, 2.05) is 22.4 Å². The third-order valence-corrected chi connectivity index (χ3v) is 6.26. The SMILES string of the molecule is O=C(c1cccs1)N1CCOC2(CCN([C@H]3CCOC3)CC2)C1. The lowest BCUT2D eigenvalue weighted by molar-refractivity contribution is -0.130. The van der Waals surface area contributed by atoms with Crippen molar-refractivity contribution in [2.24, 2.45) is 0 Å². The zero-order valence-corrected chi connectivity index (χ0v) is 14.2. The van der Waals surface area contributed by atoms with Crippen LogP contribution in [0, 0.1) is 0 Å². The summed E-state index contributed by atoms with van der Waals surface area (Å²) in [5.41, 5.74) is -0.138. The number of amides is 1. The van der Waals surface area contributed by atoms with Crippen LogP contribution in [0.1, 0.15) is 28.9 Å². The Labute approximate surface area is 141 Å². The lowest BCUT2D eigenvalue weighted by atomic mass is 9.88. The van der Waals surface area contributed by atoms with Crippen LogP contribution in [-0.4, -0.2) is 73.3 Å². The molecule has 0 N–H and O–H groups in total. The van der Waals surface area contributed by atoms with Gasteiger partial charge in [0.05, 0.1) is 30.2 Å². The predicted octanol–water partition coefficient (Wildman–Crippen LogP) is 1.84. The number of likely N-dealkylation sites (tertiary alicyclic amines) is 1. The van der Waals surface area contributed by atoms with Crippen LogP contribution >= 0.6 is 11.3 Å². The fourth-order valence-corrected chi connectivity index (χ4v) is 4.67. The van der Waals surface area contributed by atoms with Gasteiger partial charge in [0.2, 0.25) is 0 Å². The van der Waals surface area contributed by atoms with Gasteiger partial charge < -0.3 is 14.4 Å². The highest BCUT2D eigenvalue weighted by Gasteiger charge is 2.42. The number of carbonyl (C=O) groups is 1. The second-order valence-corrected chi connectivity index (χ2v) is 7.74. The van der Waals surface area contributed by atoms with Gasteiger partial charge >= 0.3 is 0 Å². The van der Waals surface area contributed by atoms with Crippen molar-refractivity contribution in [3.05, 3.63) is 22.4 Å². The third-order valence-electron chi connectivity index (χ3n) is 5.40. The number of morpholine rings is 1. The van der Waals surface area contributed by atoms with Crippen molar-refractivity contribution in [2.45, 2.75) is 30.9 Å². The minimum atomic E-state index is -0.138. The van der Waals surface area contributed by atoms with Crippen LogP contribution in [0.5, 0.6) is 0 Å². The molecule has 1 spiro atoms. The van der Waals surface area contributed by atoms with Gasteiger partial charge in [-0.15, -0.1) is 11.3 Å². The summed E-state index contributed by atoms with van der Waals surface area (Å²) < 4.78 is 11.7. The van der Waals surface area contributed by atoms with E-state index in [1.54, 1.807) is 0 Å². The number of hydrogen-bond acceptors (Lipinski definition) is 5. The molecule has 23 heavy (non-hydrogen) atoms. The van der Waals surface area contributed by atoms with Gasteiger partial charge in [-0.05, 0) is 30.7 Å². The minimum absolute atomic E-state index is 0.138. The van der Waals surface area contributed by atoms with Gasteiger partial charge in [0.1, 0.15) is 0 Å². The largest absolute Gasteiger partial charge is 0.380 e. The fourth-order valence-electron chi connectivity index (χ4n) is 3.98. The first kappa shape index (κ1) is 15.6. The van der Waals surface area contributed by atoms with Crippen LogP contribution in [-0.2, 0) is 9.47 Å². The standard InChI is InChI=1S/C17H24N2O3S/c20-16(15-2-1-11-23-15)19-8-10-22-17(13-19)4-6-18(7-5-17)14-3-9-21-12-14/h1-2,11,14H,3-10,12-13H2/t14-/m0/s1. The van der Waals surface area contributed by atoms with Crippen LogP contribution < -0.4 is 0 Å². The molecular formula is C17H24N2O3S. The maximum atomic E-state index is 12.6. The summed E-state index contributed by atoms with van der Waals surface area (Å²) in [4.78, 5) is 18.0. The monoisotopic (exact) mass is 336 g/mol. The molecule has 0 saturated carbocycles. The summed E-state index contributed by atoms with van der Waals surface area (Å²) in [6, 6.07) is 4.44. The summed E-state index contributed by atoms with van der Waals surface area (Å²) in [5, 5.41) is 1.96. The Bertz CT molecular complexity index is 534. The summed E-state index contributed by atoms with van der Waals surface area (Å²) >= 11 is 1.52. The number of hydrogen-bond donors (Lipinski definition) is 0. The van der Waals surface area contributed by atoms with E-state index in [9.17, 15) is 4.79 Å². The number of rotatable bonds is 2. The first-order valence-corrected chi connectivity index (χ1v) is 9.42. The highest BCUT2D eigenvalue weighted by Crippen LogP contribution is 2.32. The molecule has 1 amide bonds. The molecule has 1 aromatic rings. The van der Waals surface area contributed by atoms with E-state index >= 15 is 0 Å². The van der Waals surface area contributed by atoms with E-state index in [4.69, 9.17) is 9.47 Å². The minimum Gasteiger partial charge on any atom is -0.380 e. The average molecular weight is 336 g/mol. The maximum absolute atomic E-state index is 12.6. The Morgan fingerprint density at radius 1 is 1.26 bits per heavy atom. The van der Waals surface area contributed by atoms with Crippen molar-refractivity contribution in [3.8, 4) is 0 Å². The molecule has 0 radical (unpaired) electrons. The van der Waals surface area contributed by atoms with E-state index in [2.05, 4.69) is 4.90 Å². The summed E-state index contributed by atoms with van der Waals surface area (Å²) in [7, 11) is 0. The van der Waals surface area contributed by atoms with Gasteiger partial charge in [0.25, 0.3) is 5.91 Å². The van der Waals surface area contributed by atoms with Crippen molar-refractivity contribution in [1.29, 1.82) is 0 Å². The average Bonchev–Trinajstić information content (AvgIpc) is 3.29. The van der Waals surface area contributed by atoms with E-state index in [0.717, 1.165) is 57.0 Å². The van der Waals surface area contributed by atoms with Crippen LogP contribution in [0.3, 0.4) is 0 Å². The second-order valence-electron chi connectivity index (χ2n) is 6.79. The molecule has 1 aromatic heterocycles. The molecule has 0 unspecified atom stereocenters. The molecule has 3 aliphatic heterocycles. The van der Waals surface area contributed by atoms with Crippen molar-refractivity contribution in [2.75, 3.05) is 46.0 Å². The van der Waals surface area contributed by atoms with Crippen LogP contribution in [0.25, 0.3) is 0 Å². The number of piperidine rings is 1. The molecule has 1 atom stereocenters. The number of nitrogens with zero attached hydrogens (tertiary/aromatic N) is 2. The Morgan fingerprint density at radius 2 is 2.13 bits per heavy atom. The summed E-state index contributed by atoms with van der Waals surface area (Å²) in [6.07, 6.45) is 3.17. The van der Waals surface area contributed by atoms with Gasteiger partial charge in [-0.3, -0.25) is 9.69 Å². The Balaban J connectivity index is 1.38. The molecule has 4 heterocycles. The molecule has 3 aliphatic rings. The number of ether oxygens (including phenoxy) is 2. The topological polar surface area (TPSA) is 42.0 Å². The Kier molecular flexibility index (Phi) is 4.41. The van der Waals surface area contributed by atoms with Crippen molar-refractivity contribution in [1.82, 2.24) is 9.80 Å². The quantitative estimate of drug-likeness (QED) is 0.826. The van der Waals surface area contributed by atoms with Gasteiger partial charge in [-0.1, -0.05) is 6.07 Å². The number of thiophene rings is 1. The van der Waals surface area contributed by atoms with Crippen molar-refractivity contribution < 1.29 is 14.3 Å². The molecule has 126 valence electrons. The molecule has 5 nitrogen and oxygen atoms in total. The van der Waals surface area contributed by atoms with Crippen LogP contribution in [0.15, 0.2) is 17.5 Å². The molecular weight excluding hydrogens is 312 g/mol. The predicted molar refractivity (Wildman–Crippen MR) is 88.9 cm³/mol. The van der Waals surface area contributed by atoms with E-state index in [1.165, 1.54) is 11.3 Å². The molecule has 0 aromatic carbocycles. The molecule has 4 rings (SSSR count). The summed E-state index contributed by atoms with van der Waals surface area (Å²) in [6.45, 7) is 5.97. The maximum Gasteiger partial charge on any atom is 0.264 e. The molecule has 6 heteroatoms. The van der Waals surface area contributed by atoms with Gasteiger partial charge in [0, 0.05) is 32.3 Å². The van der Waals surface area contributed by atoms with Crippen molar-refractivity contribution >= 4 is 17.2 Å². The highest BCUT2D eigenvalue weighted by molar-refractivity contribution is 7.12. The Morgan fingerprint density at radius 3 is 2.83 bits per heavy atom. The second kappa shape index (κ2) is 6.51. The first-order chi connectivity index (χ1) is 11.3. The smallest absolute Gasteiger partial charge is 0.264 e. The lowest BCUT2D eigenvalue weighted by Crippen LogP contribution is -2.59. The number of carbonyl (C=O) groups excluding carboxylic acids is 1.